The number of aryl methyl sites for hydroxylation is 1. The molecular formula is C26H27NO. The van der Waals surface area contributed by atoms with Crippen LogP contribution >= 0.6 is 0 Å². The van der Waals surface area contributed by atoms with Crippen molar-refractivity contribution >= 4 is 5.69 Å². The van der Waals surface area contributed by atoms with Crippen LogP contribution in [0, 0.1) is 6.92 Å². The molecule has 0 aromatic heterocycles. The summed E-state index contributed by atoms with van der Waals surface area (Å²) in [5.74, 6) is 1.02. The van der Waals surface area contributed by atoms with E-state index in [1.807, 2.05) is 0 Å². The molecule has 2 atom stereocenters. The van der Waals surface area contributed by atoms with Crippen molar-refractivity contribution < 1.29 is 4.74 Å². The van der Waals surface area contributed by atoms with Crippen molar-refractivity contribution in [3.8, 4) is 0 Å². The molecule has 0 saturated heterocycles. The molecule has 2 heteroatoms. The molecule has 1 heterocycles. The van der Waals surface area contributed by atoms with Gasteiger partial charge in [0.2, 0.25) is 0 Å². The maximum atomic E-state index is 6.33. The van der Waals surface area contributed by atoms with Gasteiger partial charge in [-0.25, -0.2) is 0 Å². The molecule has 3 aromatic rings. The molecule has 0 amide bonds. The van der Waals surface area contributed by atoms with Crippen LogP contribution in [0.25, 0.3) is 0 Å². The summed E-state index contributed by atoms with van der Waals surface area (Å²) in [4.78, 5) is 2.47. The third kappa shape index (κ3) is 3.68. The highest BCUT2D eigenvalue weighted by atomic mass is 16.5. The molecule has 3 aromatic carbocycles. The second kappa shape index (κ2) is 7.93. The van der Waals surface area contributed by atoms with Crippen LogP contribution in [0.4, 0.5) is 5.69 Å². The van der Waals surface area contributed by atoms with Crippen LogP contribution in [0.3, 0.4) is 0 Å². The van der Waals surface area contributed by atoms with Gasteiger partial charge in [-0.1, -0.05) is 78.4 Å². The highest BCUT2D eigenvalue weighted by Gasteiger charge is 2.38. The first kappa shape index (κ1) is 18.4. The van der Waals surface area contributed by atoms with Gasteiger partial charge in [-0.15, -0.1) is 0 Å². The van der Waals surface area contributed by atoms with Crippen LogP contribution in [-0.2, 0) is 4.74 Å². The molecule has 2 nitrogen and oxygen atoms in total. The lowest BCUT2D eigenvalue weighted by molar-refractivity contribution is 0.136. The molecular weight excluding hydrogens is 342 g/mol. The molecule has 0 fully saturated rings. The first-order valence-corrected chi connectivity index (χ1v) is 9.97. The van der Waals surface area contributed by atoms with Gasteiger partial charge in [0.05, 0.1) is 12.1 Å². The maximum absolute atomic E-state index is 6.33. The van der Waals surface area contributed by atoms with Crippen LogP contribution in [0.15, 0.2) is 96.8 Å². The zero-order valence-electron chi connectivity index (χ0n) is 16.7. The van der Waals surface area contributed by atoms with Crippen molar-refractivity contribution in [3.63, 3.8) is 0 Å². The van der Waals surface area contributed by atoms with Gasteiger partial charge in [-0.3, -0.25) is 0 Å². The number of anilines is 1. The standard InChI is InChI=1S/C26H27NO/c1-19(2)28-25-18-24(21-10-6-4-7-11-21)27(23-12-8-5-9-13-23)26(25)22-16-14-20(3)15-17-22/h4-19,24,26H,1-3H3/t24-,26+/m0/s1. The van der Waals surface area contributed by atoms with E-state index in [0.717, 1.165) is 5.76 Å². The van der Waals surface area contributed by atoms with Gasteiger partial charge in [0, 0.05) is 5.69 Å². The van der Waals surface area contributed by atoms with Crippen molar-refractivity contribution in [3.05, 3.63) is 113 Å². The summed E-state index contributed by atoms with van der Waals surface area (Å²) >= 11 is 0. The first-order valence-electron chi connectivity index (χ1n) is 9.97. The van der Waals surface area contributed by atoms with E-state index in [-0.39, 0.29) is 18.2 Å². The summed E-state index contributed by atoms with van der Waals surface area (Å²) in [6.45, 7) is 6.31. The van der Waals surface area contributed by atoms with Gasteiger partial charge in [-0.05, 0) is 50.1 Å². The average molecular weight is 370 g/mol. The number of para-hydroxylation sites is 1. The zero-order valence-corrected chi connectivity index (χ0v) is 16.7. The fraction of sp³-hybridized carbons (Fsp3) is 0.231. The predicted molar refractivity (Wildman–Crippen MR) is 116 cm³/mol. The number of benzene rings is 3. The fourth-order valence-electron chi connectivity index (χ4n) is 3.89. The lowest BCUT2D eigenvalue weighted by Gasteiger charge is -2.34. The van der Waals surface area contributed by atoms with Crippen LogP contribution in [-0.4, -0.2) is 6.10 Å². The molecule has 0 radical (unpaired) electrons. The number of hydrogen-bond donors (Lipinski definition) is 0. The Kier molecular flexibility index (Phi) is 5.21. The Hall–Kier alpha value is -3.00. The molecule has 1 aliphatic rings. The van der Waals surface area contributed by atoms with Crippen LogP contribution in [0.2, 0.25) is 0 Å². The smallest absolute Gasteiger partial charge is 0.122 e. The Morgan fingerprint density at radius 3 is 1.96 bits per heavy atom. The predicted octanol–water partition coefficient (Wildman–Crippen LogP) is 6.61. The topological polar surface area (TPSA) is 12.5 Å². The van der Waals surface area contributed by atoms with Gasteiger partial charge >= 0.3 is 0 Å². The summed E-state index contributed by atoms with van der Waals surface area (Å²) < 4.78 is 6.33. The third-order valence-corrected chi connectivity index (χ3v) is 5.13. The summed E-state index contributed by atoms with van der Waals surface area (Å²) in [6, 6.07) is 30.3. The minimum absolute atomic E-state index is 0.0515. The lowest BCUT2D eigenvalue weighted by atomic mass is 10.0. The molecule has 0 unspecified atom stereocenters. The van der Waals surface area contributed by atoms with E-state index in [0.29, 0.717) is 0 Å². The SMILES string of the molecule is Cc1ccc([C@@H]2C(OC(C)C)=C[C@@H](c3ccccc3)N2c2ccccc2)cc1. The van der Waals surface area contributed by atoms with Gasteiger partial charge in [-0.2, -0.15) is 0 Å². The van der Waals surface area contributed by atoms with E-state index < -0.39 is 0 Å². The molecule has 0 saturated carbocycles. The first-order chi connectivity index (χ1) is 13.6. The number of rotatable bonds is 5. The third-order valence-electron chi connectivity index (χ3n) is 5.13. The summed E-state index contributed by atoms with van der Waals surface area (Å²) in [5, 5.41) is 0. The summed E-state index contributed by atoms with van der Waals surface area (Å²) in [7, 11) is 0. The Balaban J connectivity index is 1.85. The molecule has 4 rings (SSSR count). The Morgan fingerprint density at radius 2 is 1.36 bits per heavy atom. The summed E-state index contributed by atoms with van der Waals surface area (Å²) in [6.07, 6.45) is 2.42. The summed E-state index contributed by atoms with van der Waals surface area (Å²) in [5.41, 5.74) is 4.98. The van der Waals surface area contributed by atoms with Crippen LogP contribution in [0.1, 0.15) is 42.6 Å². The maximum Gasteiger partial charge on any atom is 0.122 e. The van der Waals surface area contributed by atoms with Crippen molar-refractivity contribution in [2.45, 2.75) is 39.0 Å². The molecule has 28 heavy (non-hydrogen) atoms. The second-order valence-electron chi connectivity index (χ2n) is 7.65. The van der Waals surface area contributed by atoms with E-state index in [1.54, 1.807) is 0 Å². The molecule has 0 aliphatic carbocycles. The Labute approximate surface area is 168 Å². The van der Waals surface area contributed by atoms with Crippen molar-refractivity contribution in [1.82, 2.24) is 0 Å². The van der Waals surface area contributed by atoms with Gasteiger partial charge in [0.1, 0.15) is 11.8 Å². The largest absolute Gasteiger partial charge is 0.493 e. The zero-order chi connectivity index (χ0) is 19.5. The van der Waals surface area contributed by atoms with E-state index in [9.17, 15) is 0 Å². The molecule has 142 valence electrons. The van der Waals surface area contributed by atoms with E-state index in [1.165, 1.54) is 22.4 Å². The molecule has 1 aliphatic heterocycles. The highest BCUT2D eigenvalue weighted by molar-refractivity contribution is 5.58. The highest BCUT2D eigenvalue weighted by Crippen LogP contribution is 2.46. The molecule has 0 spiro atoms. The number of hydrogen-bond acceptors (Lipinski definition) is 2. The molecule has 0 N–H and O–H groups in total. The number of nitrogens with zero attached hydrogens (tertiary/aromatic N) is 1. The lowest BCUT2D eigenvalue weighted by Crippen LogP contribution is -2.28. The monoisotopic (exact) mass is 369 g/mol. The Morgan fingerprint density at radius 1 is 0.750 bits per heavy atom. The van der Waals surface area contributed by atoms with Crippen molar-refractivity contribution in [2.75, 3.05) is 4.90 Å². The van der Waals surface area contributed by atoms with Crippen LogP contribution < -0.4 is 4.90 Å². The Bertz CT molecular complexity index is 929. The normalized spacial score (nSPS) is 19.0. The van der Waals surface area contributed by atoms with Gasteiger partial charge < -0.3 is 9.64 Å². The minimum atomic E-state index is 0.0515. The number of ether oxygens (including phenoxy) is 1. The second-order valence-corrected chi connectivity index (χ2v) is 7.65. The average Bonchev–Trinajstić information content (AvgIpc) is 3.08. The van der Waals surface area contributed by atoms with Gasteiger partial charge in [0.15, 0.2) is 0 Å². The van der Waals surface area contributed by atoms with E-state index in [2.05, 4.69) is 117 Å². The minimum Gasteiger partial charge on any atom is -0.493 e. The van der Waals surface area contributed by atoms with Gasteiger partial charge in [0.25, 0.3) is 0 Å². The van der Waals surface area contributed by atoms with E-state index >= 15 is 0 Å². The van der Waals surface area contributed by atoms with Crippen molar-refractivity contribution in [1.29, 1.82) is 0 Å². The van der Waals surface area contributed by atoms with Crippen LogP contribution in [0.5, 0.6) is 0 Å². The quantitative estimate of drug-likeness (QED) is 0.502. The van der Waals surface area contributed by atoms with E-state index in [4.69, 9.17) is 4.74 Å². The molecule has 0 bridgehead atoms. The van der Waals surface area contributed by atoms with Crippen molar-refractivity contribution in [2.24, 2.45) is 0 Å². The fourth-order valence-corrected chi connectivity index (χ4v) is 3.89.